The second-order valence-electron chi connectivity index (χ2n) is 1.99. The minimum absolute atomic E-state index is 1.26. The molecule has 0 amide bonds. The van der Waals surface area contributed by atoms with E-state index in [0.717, 1.165) is 0 Å². The molecule has 0 aliphatic carbocycles. The molecule has 10 heavy (non-hydrogen) atoms. The van der Waals surface area contributed by atoms with Crippen LogP contribution in [-0.4, -0.2) is 16.9 Å². The van der Waals surface area contributed by atoms with Crippen molar-refractivity contribution < 1.29 is 0 Å². The van der Waals surface area contributed by atoms with E-state index in [0.29, 0.717) is 0 Å². The van der Waals surface area contributed by atoms with Crippen molar-refractivity contribution in [1.82, 2.24) is 0 Å². The van der Waals surface area contributed by atoms with Gasteiger partial charge in [0.1, 0.15) is 0 Å². The van der Waals surface area contributed by atoms with E-state index in [1.807, 2.05) is 0 Å². The van der Waals surface area contributed by atoms with Gasteiger partial charge in [-0.25, -0.2) is 0 Å². The van der Waals surface area contributed by atoms with Crippen LogP contribution in [-0.2, 0) is 0 Å². The van der Waals surface area contributed by atoms with E-state index in [1.165, 1.54) is 26.8 Å². The van der Waals surface area contributed by atoms with Crippen molar-refractivity contribution in [1.29, 1.82) is 5.26 Å². The minimum Gasteiger partial charge on any atom is -0.512 e. The minimum atomic E-state index is 1.26. The Morgan fingerprint density at radius 3 is 1.90 bits per heavy atom. The molecule has 0 radical (unpaired) electrons. The predicted molar refractivity (Wildman–Crippen MR) is 45.7 cm³/mol. The van der Waals surface area contributed by atoms with Gasteiger partial charge in [0.2, 0.25) is 0 Å². The molecule has 0 bridgehead atoms. The number of rotatable bonds is 0. The van der Waals surface area contributed by atoms with E-state index in [1.54, 1.807) is 0 Å². The number of hydrogen-bond acceptors (Lipinski definition) is 1. The van der Waals surface area contributed by atoms with Crippen molar-refractivity contribution in [3.63, 3.8) is 0 Å². The maximum Gasteiger partial charge on any atom is -0.488 e. The largest absolute Gasteiger partial charge is 0.512 e. The van der Waals surface area contributed by atoms with E-state index >= 15 is 0 Å². The second kappa shape index (κ2) is 5.09. The van der Waals surface area contributed by atoms with Gasteiger partial charge in [-0.3, -0.25) is 0 Å². The summed E-state index contributed by atoms with van der Waals surface area (Å²) in [6.45, 7) is 6.86. The summed E-state index contributed by atoms with van der Waals surface area (Å²) in [6.07, 6.45) is 0. The van der Waals surface area contributed by atoms with Crippen LogP contribution in [0, 0.1) is 18.8 Å². The number of hydrogen-bond donors (Lipinski definition) is 0. The average Bonchev–Trinajstić information content (AvgIpc) is 2.00. The summed E-state index contributed by atoms with van der Waals surface area (Å²) in [6, 6.07) is 8.66. The molecule has 0 heterocycles. The van der Waals surface area contributed by atoms with E-state index in [2.05, 4.69) is 31.2 Å². The van der Waals surface area contributed by atoms with Gasteiger partial charge in [0, 0.05) is 0 Å². The van der Waals surface area contributed by atoms with Crippen LogP contribution in [0.5, 0.6) is 0 Å². The molecule has 1 aromatic carbocycles. The van der Waals surface area contributed by atoms with Crippen molar-refractivity contribution in [2.75, 3.05) is 0 Å². The van der Waals surface area contributed by atoms with Gasteiger partial charge < -0.3 is 11.8 Å². The Morgan fingerprint density at radius 1 is 1.20 bits per heavy atom. The Hall–Kier alpha value is -0.732. The second-order valence-corrected chi connectivity index (χ2v) is 3.70. The molecule has 0 aliphatic heterocycles. The van der Waals surface area contributed by atoms with Gasteiger partial charge in [0.25, 0.3) is 0 Å². The van der Waals surface area contributed by atoms with Crippen LogP contribution in [0.1, 0.15) is 5.56 Å². The van der Waals surface area contributed by atoms with Crippen LogP contribution >= 0.6 is 0 Å². The van der Waals surface area contributed by atoms with E-state index in [4.69, 9.17) is 11.8 Å². The zero-order valence-corrected chi connectivity index (χ0v) is 8.93. The summed E-state index contributed by atoms with van der Waals surface area (Å²) in [5.74, 6) is 0. The molecular formula is C8H10AsN. The first-order valence-electron chi connectivity index (χ1n) is 2.90. The van der Waals surface area contributed by atoms with Gasteiger partial charge in [0.05, 0.1) is 0 Å². The van der Waals surface area contributed by atoms with Crippen LogP contribution in [0.2, 0.25) is 0 Å². The summed E-state index contributed by atoms with van der Waals surface area (Å²) in [7, 11) is 0. The Morgan fingerprint density at radius 2 is 1.60 bits per heavy atom. The van der Waals surface area contributed by atoms with Crippen LogP contribution in [0.4, 0.5) is 0 Å². The maximum atomic E-state index is 6.25. The number of benzene rings is 1. The molecule has 0 aliphatic rings. The van der Waals surface area contributed by atoms with E-state index in [9.17, 15) is 0 Å². The van der Waals surface area contributed by atoms with Gasteiger partial charge in [-0.1, -0.05) is 0 Å². The molecular weight excluding hydrogens is 185 g/mol. The third kappa shape index (κ3) is 3.32. The molecule has 2 heteroatoms. The van der Waals surface area contributed by atoms with E-state index in [-0.39, 0.29) is 0 Å². The van der Waals surface area contributed by atoms with Crippen molar-refractivity contribution in [2.45, 2.75) is 6.92 Å². The SMILES string of the molecule is Cc1ccc([AsH3+])cc1.[C-]#N. The van der Waals surface area contributed by atoms with Gasteiger partial charge in [-0.15, -0.1) is 0 Å². The fourth-order valence-corrected chi connectivity index (χ4v) is 1.08. The Kier molecular flexibility index (Phi) is 4.71. The molecule has 0 fully saturated rings. The first-order chi connectivity index (χ1) is 4.79. The van der Waals surface area contributed by atoms with Crippen LogP contribution in [0.3, 0.4) is 0 Å². The summed E-state index contributed by atoms with van der Waals surface area (Å²) in [5, 5.41) is 6.25. The molecule has 52 valence electrons. The zero-order valence-electron chi connectivity index (χ0n) is 5.96. The molecule has 1 aromatic rings. The van der Waals surface area contributed by atoms with Gasteiger partial charge >= 0.3 is 58.0 Å². The van der Waals surface area contributed by atoms with Crippen LogP contribution in [0.25, 0.3) is 0 Å². The third-order valence-corrected chi connectivity index (χ3v) is 2.11. The fourth-order valence-electron chi connectivity index (χ4n) is 0.588. The summed E-state index contributed by atoms with van der Waals surface area (Å²) in [4.78, 5) is 0. The summed E-state index contributed by atoms with van der Waals surface area (Å²) in [5.41, 5.74) is 1.35. The van der Waals surface area contributed by atoms with Gasteiger partial charge in [0.15, 0.2) is 0 Å². The molecule has 1 nitrogen and oxygen atoms in total. The Bertz CT molecular complexity index is 179. The van der Waals surface area contributed by atoms with Crippen LogP contribution in [0.15, 0.2) is 24.3 Å². The first kappa shape index (κ1) is 9.27. The topological polar surface area (TPSA) is 23.8 Å². The van der Waals surface area contributed by atoms with E-state index < -0.39 is 0 Å². The van der Waals surface area contributed by atoms with Crippen molar-refractivity contribution in [3.8, 4) is 0 Å². The van der Waals surface area contributed by atoms with Gasteiger partial charge in [-0.05, 0) is 0 Å². The van der Waals surface area contributed by atoms with Gasteiger partial charge in [-0.2, -0.15) is 0 Å². The maximum absolute atomic E-state index is 6.25. The molecule has 1 atom stereocenters. The standard InChI is InChI=1S/C7H10As.CN/c1-6-2-4-7(8)5-3-6;1-2/h2-5H,1,8H3;/q+1;-1. The first-order valence-corrected chi connectivity index (χ1v) is 4.38. The zero-order chi connectivity index (χ0) is 7.98. The molecule has 1 unspecified atom stereocenters. The molecule has 0 saturated heterocycles. The molecule has 0 saturated carbocycles. The molecule has 0 spiro atoms. The average molecular weight is 195 g/mol. The molecule has 0 aromatic heterocycles. The van der Waals surface area contributed by atoms with Crippen molar-refractivity contribution in [2.24, 2.45) is 0 Å². The quantitative estimate of drug-likeness (QED) is 0.425. The fraction of sp³-hybridized carbons (Fsp3) is 0.125. The monoisotopic (exact) mass is 195 g/mol. The molecule has 1 rings (SSSR count). The number of aryl methyl sites for hydroxylation is 1. The smallest absolute Gasteiger partial charge is 0.488 e. The third-order valence-electron chi connectivity index (χ3n) is 1.12. The Labute approximate surface area is 70.2 Å². The summed E-state index contributed by atoms with van der Waals surface area (Å²) >= 11 is 1.26. The van der Waals surface area contributed by atoms with Crippen molar-refractivity contribution in [3.05, 3.63) is 36.4 Å². The summed E-state index contributed by atoms with van der Waals surface area (Å²) < 4.78 is 1.45. The van der Waals surface area contributed by atoms with Crippen molar-refractivity contribution >= 4 is 21.2 Å². The van der Waals surface area contributed by atoms with Crippen LogP contribution < -0.4 is 4.35 Å². The molecule has 0 N–H and O–H groups in total. The Balaban J connectivity index is 0.000000371. The number of nitrogens with zero attached hydrogens (tertiary/aromatic N) is 1. The predicted octanol–water partition coefficient (Wildman–Crippen LogP) is 0.0821. The normalized spacial score (nSPS) is 7.90.